The standard InChI is InChI=1S/C19H26N4O3/c1-3-18(22-11-13-23(14-12-22)19(24)25-4-2)26-16-7-5-15(6-8-16)17-9-10-20-21-17/h5-10,18H,3-4,11-14H2,1-2H3,(H,20,21). The van der Waals surface area contributed by atoms with Crippen molar-refractivity contribution in [3.05, 3.63) is 36.5 Å². The van der Waals surface area contributed by atoms with Crippen LogP contribution >= 0.6 is 0 Å². The van der Waals surface area contributed by atoms with E-state index < -0.39 is 0 Å². The molecular formula is C19H26N4O3. The molecule has 1 aromatic carbocycles. The van der Waals surface area contributed by atoms with E-state index in [4.69, 9.17) is 9.47 Å². The predicted octanol–water partition coefficient (Wildman–Crippen LogP) is 2.97. The van der Waals surface area contributed by atoms with Crippen molar-refractivity contribution < 1.29 is 14.3 Å². The van der Waals surface area contributed by atoms with Crippen molar-refractivity contribution in [1.82, 2.24) is 20.0 Å². The lowest BCUT2D eigenvalue weighted by Gasteiger charge is -2.38. The van der Waals surface area contributed by atoms with Crippen LogP contribution in [0.15, 0.2) is 36.5 Å². The number of amides is 1. The van der Waals surface area contributed by atoms with Crippen LogP contribution in [0.5, 0.6) is 5.75 Å². The van der Waals surface area contributed by atoms with Gasteiger partial charge in [0.15, 0.2) is 6.23 Å². The largest absolute Gasteiger partial charge is 0.475 e. The molecule has 2 heterocycles. The fraction of sp³-hybridized carbons (Fsp3) is 0.474. The number of aromatic amines is 1. The smallest absolute Gasteiger partial charge is 0.409 e. The lowest BCUT2D eigenvalue weighted by atomic mass is 10.1. The zero-order valence-electron chi connectivity index (χ0n) is 15.4. The third kappa shape index (κ3) is 4.35. The fourth-order valence-electron chi connectivity index (χ4n) is 3.11. The quantitative estimate of drug-likeness (QED) is 0.860. The summed E-state index contributed by atoms with van der Waals surface area (Å²) in [6.45, 7) is 7.24. The second kappa shape index (κ2) is 8.71. The molecular weight excluding hydrogens is 332 g/mol. The van der Waals surface area contributed by atoms with E-state index in [1.165, 1.54) is 0 Å². The maximum absolute atomic E-state index is 11.8. The van der Waals surface area contributed by atoms with Gasteiger partial charge in [0, 0.05) is 32.4 Å². The minimum atomic E-state index is -0.226. The highest BCUT2D eigenvalue weighted by atomic mass is 16.6. The SMILES string of the molecule is CCOC(=O)N1CCN(C(CC)Oc2ccc(-c3ccn[nH]3)cc2)CC1. The number of aromatic nitrogens is 2. The number of ether oxygens (including phenoxy) is 2. The van der Waals surface area contributed by atoms with E-state index in [-0.39, 0.29) is 12.3 Å². The Morgan fingerprint density at radius 3 is 2.46 bits per heavy atom. The Balaban J connectivity index is 1.56. The van der Waals surface area contributed by atoms with Crippen molar-refractivity contribution in [2.45, 2.75) is 26.5 Å². The van der Waals surface area contributed by atoms with Crippen molar-refractivity contribution in [2.75, 3.05) is 32.8 Å². The summed E-state index contributed by atoms with van der Waals surface area (Å²) in [6.07, 6.45) is 2.39. The maximum Gasteiger partial charge on any atom is 0.409 e. The van der Waals surface area contributed by atoms with Gasteiger partial charge in [-0.1, -0.05) is 6.92 Å². The van der Waals surface area contributed by atoms with E-state index in [0.29, 0.717) is 19.7 Å². The highest BCUT2D eigenvalue weighted by Gasteiger charge is 2.26. The van der Waals surface area contributed by atoms with Crippen LogP contribution in [0.2, 0.25) is 0 Å². The summed E-state index contributed by atoms with van der Waals surface area (Å²) in [6, 6.07) is 9.94. The number of nitrogens with one attached hydrogen (secondary N) is 1. The van der Waals surface area contributed by atoms with Gasteiger partial charge in [-0.2, -0.15) is 5.10 Å². The van der Waals surface area contributed by atoms with Gasteiger partial charge in [0.1, 0.15) is 5.75 Å². The van der Waals surface area contributed by atoms with Gasteiger partial charge in [0.25, 0.3) is 0 Å². The molecule has 0 spiro atoms. The number of nitrogens with zero attached hydrogens (tertiary/aromatic N) is 3. The number of H-pyrrole nitrogens is 1. The molecule has 1 N–H and O–H groups in total. The Kier molecular flexibility index (Phi) is 6.12. The summed E-state index contributed by atoms with van der Waals surface area (Å²) in [5, 5.41) is 6.93. The summed E-state index contributed by atoms with van der Waals surface area (Å²) >= 11 is 0. The van der Waals surface area contributed by atoms with Crippen molar-refractivity contribution in [3.63, 3.8) is 0 Å². The summed E-state index contributed by atoms with van der Waals surface area (Å²) in [5.41, 5.74) is 2.06. The molecule has 1 aromatic heterocycles. The molecule has 0 aliphatic carbocycles. The van der Waals surface area contributed by atoms with Gasteiger partial charge in [0.05, 0.1) is 12.3 Å². The molecule has 1 fully saturated rings. The number of rotatable bonds is 6. The van der Waals surface area contributed by atoms with Crippen LogP contribution in [0.3, 0.4) is 0 Å². The van der Waals surface area contributed by atoms with E-state index >= 15 is 0 Å². The molecule has 1 amide bonds. The molecule has 0 radical (unpaired) electrons. The lowest BCUT2D eigenvalue weighted by molar-refractivity contribution is -0.0100. The highest BCUT2D eigenvalue weighted by Crippen LogP contribution is 2.22. The molecule has 0 bridgehead atoms. The van der Waals surface area contributed by atoms with E-state index in [9.17, 15) is 4.79 Å². The number of piperazine rings is 1. The van der Waals surface area contributed by atoms with Gasteiger partial charge < -0.3 is 14.4 Å². The number of hydrogen-bond donors (Lipinski definition) is 1. The summed E-state index contributed by atoms with van der Waals surface area (Å²) in [7, 11) is 0. The minimum absolute atomic E-state index is 0.00245. The normalized spacial score (nSPS) is 16.3. The van der Waals surface area contributed by atoms with Crippen LogP contribution in [0, 0.1) is 0 Å². The maximum atomic E-state index is 11.8. The first-order valence-corrected chi connectivity index (χ1v) is 9.13. The van der Waals surface area contributed by atoms with Crippen LogP contribution in [-0.2, 0) is 4.74 Å². The molecule has 2 aromatic rings. The lowest BCUT2D eigenvalue weighted by Crippen LogP contribution is -2.53. The fourth-order valence-corrected chi connectivity index (χ4v) is 3.11. The molecule has 7 heteroatoms. The van der Waals surface area contributed by atoms with E-state index in [1.54, 1.807) is 11.1 Å². The topological polar surface area (TPSA) is 70.7 Å². The number of benzene rings is 1. The Morgan fingerprint density at radius 1 is 1.15 bits per heavy atom. The van der Waals surface area contributed by atoms with Crippen LogP contribution < -0.4 is 4.74 Å². The zero-order valence-corrected chi connectivity index (χ0v) is 15.4. The average molecular weight is 358 g/mol. The van der Waals surface area contributed by atoms with Gasteiger partial charge >= 0.3 is 6.09 Å². The molecule has 1 aliphatic heterocycles. The third-order valence-electron chi connectivity index (χ3n) is 4.53. The van der Waals surface area contributed by atoms with Crippen LogP contribution in [0.25, 0.3) is 11.3 Å². The van der Waals surface area contributed by atoms with E-state index in [1.807, 2.05) is 37.3 Å². The van der Waals surface area contributed by atoms with Gasteiger partial charge in [-0.15, -0.1) is 0 Å². The average Bonchev–Trinajstić information content (AvgIpc) is 3.22. The molecule has 1 atom stereocenters. The van der Waals surface area contributed by atoms with Crippen molar-refractivity contribution >= 4 is 6.09 Å². The Morgan fingerprint density at radius 2 is 1.88 bits per heavy atom. The first-order valence-electron chi connectivity index (χ1n) is 9.13. The summed E-state index contributed by atoms with van der Waals surface area (Å²) < 4.78 is 11.3. The molecule has 1 unspecified atom stereocenters. The second-order valence-electron chi connectivity index (χ2n) is 6.20. The van der Waals surface area contributed by atoms with Crippen molar-refractivity contribution in [2.24, 2.45) is 0 Å². The van der Waals surface area contributed by atoms with Crippen LogP contribution in [-0.4, -0.2) is 65.1 Å². The molecule has 7 nitrogen and oxygen atoms in total. The molecule has 0 saturated carbocycles. The Bertz CT molecular complexity index is 679. The summed E-state index contributed by atoms with van der Waals surface area (Å²) in [5.74, 6) is 0.841. The van der Waals surface area contributed by atoms with E-state index in [2.05, 4.69) is 22.0 Å². The first-order chi connectivity index (χ1) is 12.7. The van der Waals surface area contributed by atoms with Gasteiger partial charge in [0.2, 0.25) is 0 Å². The monoisotopic (exact) mass is 358 g/mol. The summed E-state index contributed by atoms with van der Waals surface area (Å²) in [4.78, 5) is 15.8. The molecule has 26 heavy (non-hydrogen) atoms. The minimum Gasteiger partial charge on any atom is -0.475 e. The third-order valence-corrected chi connectivity index (χ3v) is 4.53. The van der Waals surface area contributed by atoms with Gasteiger partial charge in [-0.05, 0) is 49.2 Å². The van der Waals surface area contributed by atoms with Crippen molar-refractivity contribution in [1.29, 1.82) is 0 Å². The molecule has 3 rings (SSSR count). The molecule has 1 aliphatic rings. The zero-order chi connectivity index (χ0) is 18.4. The van der Waals surface area contributed by atoms with E-state index in [0.717, 1.165) is 36.5 Å². The van der Waals surface area contributed by atoms with Gasteiger partial charge in [-0.25, -0.2) is 4.79 Å². The number of carbonyl (C=O) groups excluding carboxylic acids is 1. The first kappa shape index (κ1) is 18.3. The predicted molar refractivity (Wildman–Crippen MR) is 98.9 cm³/mol. The number of hydrogen-bond acceptors (Lipinski definition) is 5. The highest BCUT2D eigenvalue weighted by molar-refractivity contribution is 5.67. The van der Waals surface area contributed by atoms with Gasteiger partial charge in [-0.3, -0.25) is 10.00 Å². The Hall–Kier alpha value is -2.54. The molecule has 140 valence electrons. The molecule has 1 saturated heterocycles. The van der Waals surface area contributed by atoms with Crippen molar-refractivity contribution in [3.8, 4) is 17.0 Å². The Labute approximate surface area is 153 Å². The van der Waals surface area contributed by atoms with Crippen LogP contribution in [0.4, 0.5) is 4.79 Å². The van der Waals surface area contributed by atoms with Crippen LogP contribution in [0.1, 0.15) is 20.3 Å². The number of carbonyl (C=O) groups is 1. The second-order valence-corrected chi connectivity index (χ2v) is 6.20.